The van der Waals surface area contributed by atoms with Crippen LogP contribution in [0.2, 0.25) is 0 Å². The Labute approximate surface area is 125 Å². The number of aromatic nitrogens is 1. The molecule has 0 fully saturated rings. The van der Waals surface area contributed by atoms with Gasteiger partial charge in [-0.2, -0.15) is 0 Å². The predicted molar refractivity (Wildman–Crippen MR) is 80.8 cm³/mol. The minimum atomic E-state index is -0.430. The summed E-state index contributed by atoms with van der Waals surface area (Å²) < 4.78 is 11.0. The van der Waals surface area contributed by atoms with E-state index in [1.54, 1.807) is 20.1 Å². The Hall–Kier alpha value is -1.95. The number of nitrogen functional groups attached to an aromatic ring is 1. The first-order valence-electron chi connectivity index (χ1n) is 6.06. The van der Waals surface area contributed by atoms with Gasteiger partial charge >= 0.3 is 5.97 Å². The number of rotatable bonds is 4. The van der Waals surface area contributed by atoms with E-state index in [2.05, 4.69) is 20.9 Å². The van der Waals surface area contributed by atoms with Gasteiger partial charge in [-0.15, -0.1) is 0 Å². The number of esters is 1. The molecule has 0 bridgehead atoms. The standard InChI is InChI=1S/C14H15BrN2O3/c1-3-20-14(18)9-7-11(17-13(9)16)8-4-5-12(19-2)10(15)6-8/h4-7,17H,3,16H2,1-2H3. The van der Waals surface area contributed by atoms with Crippen molar-refractivity contribution in [3.05, 3.63) is 34.3 Å². The topological polar surface area (TPSA) is 77.3 Å². The number of aromatic amines is 1. The minimum Gasteiger partial charge on any atom is -0.496 e. The van der Waals surface area contributed by atoms with Crippen molar-refractivity contribution in [2.24, 2.45) is 0 Å². The van der Waals surface area contributed by atoms with E-state index in [1.807, 2.05) is 18.2 Å². The fourth-order valence-corrected chi connectivity index (χ4v) is 2.38. The molecule has 1 aromatic heterocycles. The Bertz CT molecular complexity index is 637. The van der Waals surface area contributed by atoms with Crippen molar-refractivity contribution in [2.45, 2.75) is 6.92 Å². The summed E-state index contributed by atoms with van der Waals surface area (Å²) in [7, 11) is 1.60. The second-order valence-corrected chi connectivity index (χ2v) is 4.93. The number of carbonyl (C=O) groups is 1. The van der Waals surface area contributed by atoms with E-state index in [1.165, 1.54) is 0 Å². The van der Waals surface area contributed by atoms with Crippen LogP contribution < -0.4 is 10.5 Å². The molecule has 5 nitrogen and oxygen atoms in total. The maximum absolute atomic E-state index is 11.7. The zero-order valence-electron chi connectivity index (χ0n) is 11.2. The highest BCUT2D eigenvalue weighted by Crippen LogP contribution is 2.31. The Kier molecular flexibility index (Phi) is 4.34. The molecule has 0 atom stereocenters. The molecule has 0 aliphatic heterocycles. The molecule has 106 valence electrons. The van der Waals surface area contributed by atoms with Gasteiger partial charge < -0.3 is 20.2 Å². The SMILES string of the molecule is CCOC(=O)c1cc(-c2ccc(OC)c(Br)c2)[nH]c1N. The number of methoxy groups -OCH3 is 1. The highest BCUT2D eigenvalue weighted by atomic mass is 79.9. The van der Waals surface area contributed by atoms with Gasteiger partial charge in [-0.25, -0.2) is 4.79 Å². The van der Waals surface area contributed by atoms with Crippen molar-refractivity contribution in [1.29, 1.82) is 0 Å². The Morgan fingerprint density at radius 3 is 2.75 bits per heavy atom. The molecule has 2 aromatic rings. The highest BCUT2D eigenvalue weighted by molar-refractivity contribution is 9.10. The molecule has 0 saturated heterocycles. The summed E-state index contributed by atoms with van der Waals surface area (Å²) in [4.78, 5) is 14.7. The van der Waals surface area contributed by atoms with Crippen molar-refractivity contribution in [3.63, 3.8) is 0 Å². The highest BCUT2D eigenvalue weighted by Gasteiger charge is 2.15. The van der Waals surface area contributed by atoms with Gasteiger partial charge in [0.25, 0.3) is 0 Å². The van der Waals surface area contributed by atoms with E-state index in [-0.39, 0.29) is 0 Å². The predicted octanol–water partition coefficient (Wildman–Crippen LogP) is 3.21. The van der Waals surface area contributed by atoms with E-state index in [9.17, 15) is 4.79 Å². The average Bonchev–Trinajstić information content (AvgIpc) is 2.81. The van der Waals surface area contributed by atoms with E-state index >= 15 is 0 Å². The largest absolute Gasteiger partial charge is 0.496 e. The van der Waals surface area contributed by atoms with Crippen LogP contribution in [-0.4, -0.2) is 24.7 Å². The second-order valence-electron chi connectivity index (χ2n) is 4.08. The van der Waals surface area contributed by atoms with Crippen LogP contribution in [0.1, 0.15) is 17.3 Å². The first-order valence-corrected chi connectivity index (χ1v) is 6.85. The van der Waals surface area contributed by atoms with Crippen molar-refractivity contribution < 1.29 is 14.3 Å². The number of H-pyrrole nitrogens is 1. The molecule has 1 aromatic carbocycles. The summed E-state index contributed by atoms with van der Waals surface area (Å²) in [5, 5.41) is 0. The van der Waals surface area contributed by atoms with Crippen LogP contribution >= 0.6 is 15.9 Å². The van der Waals surface area contributed by atoms with Gasteiger partial charge in [0, 0.05) is 5.69 Å². The number of ether oxygens (including phenoxy) is 2. The smallest absolute Gasteiger partial charge is 0.341 e. The molecule has 6 heteroatoms. The molecule has 0 saturated carbocycles. The van der Waals surface area contributed by atoms with Crippen molar-refractivity contribution in [2.75, 3.05) is 19.5 Å². The normalized spacial score (nSPS) is 10.3. The second kappa shape index (κ2) is 6.00. The number of hydrogen-bond donors (Lipinski definition) is 2. The third-order valence-electron chi connectivity index (χ3n) is 2.81. The van der Waals surface area contributed by atoms with Gasteiger partial charge in [-0.05, 0) is 52.7 Å². The quantitative estimate of drug-likeness (QED) is 0.839. The number of halogens is 1. The van der Waals surface area contributed by atoms with Crippen LogP contribution in [0, 0.1) is 0 Å². The molecular weight excluding hydrogens is 324 g/mol. The van der Waals surface area contributed by atoms with Crippen LogP contribution in [0.5, 0.6) is 5.75 Å². The third kappa shape index (κ3) is 2.80. The van der Waals surface area contributed by atoms with Crippen LogP contribution in [0.4, 0.5) is 5.82 Å². The van der Waals surface area contributed by atoms with E-state index < -0.39 is 5.97 Å². The summed E-state index contributed by atoms with van der Waals surface area (Å²) in [5.74, 6) is 0.601. The molecule has 20 heavy (non-hydrogen) atoms. The fraction of sp³-hybridized carbons (Fsp3) is 0.214. The molecule has 0 aliphatic rings. The monoisotopic (exact) mass is 338 g/mol. The van der Waals surface area contributed by atoms with Crippen molar-refractivity contribution in [1.82, 2.24) is 4.98 Å². The van der Waals surface area contributed by atoms with E-state index in [4.69, 9.17) is 15.2 Å². The van der Waals surface area contributed by atoms with Gasteiger partial charge in [-0.1, -0.05) is 0 Å². The first kappa shape index (κ1) is 14.5. The lowest BCUT2D eigenvalue weighted by molar-refractivity contribution is 0.0528. The Morgan fingerprint density at radius 2 is 2.15 bits per heavy atom. The lowest BCUT2D eigenvalue weighted by atomic mass is 10.1. The molecule has 3 N–H and O–H groups in total. The average molecular weight is 339 g/mol. The number of carbonyl (C=O) groups excluding carboxylic acids is 1. The zero-order chi connectivity index (χ0) is 14.7. The molecule has 0 amide bonds. The van der Waals surface area contributed by atoms with Crippen LogP contribution in [-0.2, 0) is 4.74 Å². The molecule has 0 radical (unpaired) electrons. The number of nitrogens with one attached hydrogen (secondary N) is 1. The molecule has 0 aliphatic carbocycles. The number of benzene rings is 1. The molecule has 2 rings (SSSR count). The summed E-state index contributed by atoms with van der Waals surface area (Å²) >= 11 is 3.42. The van der Waals surface area contributed by atoms with Gasteiger partial charge in [0.2, 0.25) is 0 Å². The van der Waals surface area contributed by atoms with E-state index in [0.29, 0.717) is 18.0 Å². The Balaban J connectivity index is 2.37. The van der Waals surface area contributed by atoms with Gasteiger partial charge in [0.15, 0.2) is 0 Å². The van der Waals surface area contributed by atoms with Gasteiger partial charge in [0.05, 0.1) is 18.2 Å². The summed E-state index contributed by atoms with van der Waals surface area (Å²) in [6, 6.07) is 7.28. The number of hydrogen-bond acceptors (Lipinski definition) is 4. The van der Waals surface area contributed by atoms with Crippen molar-refractivity contribution in [3.8, 4) is 17.0 Å². The Morgan fingerprint density at radius 1 is 1.40 bits per heavy atom. The summed E-state index contributed by atoms with van der Waals surface area (Å²) in [6.45, 7) is 2.06. The molecular formula is C14H15BrN2O3. The lowest BCUT2D eigenvalue weighted by Gasteiger charge is -2.04. The lowest BCUT2D eigenvalue weighted by Crippen LogP contribution is -2.05. The van der Waals surface area contributed by atoms with E-state index in [0.717, 1.165) is 21.5 Å². The summed E-state index contributed by atoms with van der Waals surface area (Å²) in [5.41, 5.74) is 7.79. The number of anilines is 1. The van der Waals surface area contributed by atoms with Crippen molar-refractivity contribution >= 4 is 27.7 Å². The minimum absolute atomic E-state index is 0.297. The zero-order valence-corrected chi connectivity index (χ0v) is 12.8. The van der Waals surface area contributed by atoms with Gasteiger partial charge in [-0.3, -0.25) is 0 Å². The van der Waals surface area contributed by atoms with Crippen LogP contribution in [0.15, 0.2) is 28.7 Å². The van der Waals surface area contributed by atoms with Gasteiger partial charge in [0.1, 0.15) is 17.1 Å². The molecule has 0 spiro atoms. The fourth-order valence-electron chi connectivity index (χ4n) is 1.84. The number of nitrogens with two attached hydrogens (primary N) is 1. The first-order chi connectivity index (χ1) is 9.56. The third-order valence-corrected chi connectivity index (χ3v) is 3.43. The maximum atomic E-state index is 11.7. The van der Waals surface area contributed by atoms with Crippen LogP contribution in [0.3, 0.4) is 0 Å². The maximum Gasteiger partial charge on any atom is 0.341 e. The molecule has 0 unspecified atom stereocenters. The van der Waals surface area contributed by atoms with Crippen LogP contribution in [0.25, 0.3) is 11.3 Å². The molecule has 1 heterocycles. The summed E-state index contributed by atoms with van der Waals surface area (Å²) in [6.07, 6.45) is 0.